The van der Waals surface area contributed by atoms with Gasteiger partial charge < -0.3 is 15.8 Å². The molecule has 0 spiro atoms. The topological polar surface area (TPSA) is 64.3 Å². The number of carbonyl (C=O) groups is 1. The molecule has 4 heteroatoms. The van der Waals surface area contributed by atoms with Crippen LogP contribution >= 0.6 is 0 Å². The summed E-state index contributed by atoms with van der Waals surface area (Å²) < 4.78 is 5.49. The van der Waals surface area contributed by atoms with Gasteiger partial charge in [-0.15, -0.1) is 0 Å². The number of carbonyl (C=O) groups excluding carboxylic acids is 1. The van der Waals surface area contributed by atoms with E-state index < -0.39 is 0 Å². The van der Waals surface area contributed by atoms with Gasteiger partial charge in [0, 0.05) is 12.1 Å². The van der Waals surface area contributed by atoms with Crippen LogP contribution in [0.25, 0.3) is 6.08 Å². The number of nitrogen functional groups attached to an aromatic ring is 1. The lowest BCUT2D eigenvalue weighted by molar-refractivity contribution is -0.116. The van der Waals surface area contributed by atoms with E-state index in [2.05, 4.69) is 5.32 Å². The molecule has 0 fully saturated rings. The molecule has 0 saturated carbocycles. The van der Waals surface area contributed by atoms with Crippen LogP contribution in [0.4, 0.5) is 5.69 Å². The second-order valence-corrected chi connectivity index (χ2v) is 4.64. The molecule has 0 saturated heterocycles. The molecule has 0 aliphatic carbocycles. The first-order chi connectivity index (χ1) is 9.02. The Morgan fingerprint density at radius 2 is 2.21 bits per heavy atom. The average molecular weight is 262 g/mol. The van der Waals surface area contributed by atoms with Crippen LogP contribution in [0.1, 0.15) is 32.8 Å². The van der Waals surface area contributed by atoms with Crippen molar-refractivity contribution < 1.29 is 9.53 Å². The molecule has 1 rings (SSSR count). The molecular formula is C15H22N2O2. The lowest BCUT2D eigenvalue weighted by atomic mass is 10.1. The molecule has 0 bridgehead atoms. The average Bonchev–Trinajstić information content (AvgIpc) is 2.34. The normalized spacial score (nSPS) is 10.9. The minimum Gasteiger partial charge on any atom is -0.491 e. The highest BCUT2D eigenvalue weighted by Gasteiger charge is 2.01. The van der Waals surface area contributed by atoms with Gasteiger partial charge in [-0.05, 0) is 44.0 Å². The van der Waals surface area contributed by atoms with Crippen LogP contribution < -0.4 is 15.8 Å². The van der Waals surface area contributed by atoms with Crippen LogP contribution in [0, 0.1) is 0 Å². The molecule has 19 heavy (non-hydrogen) atoms. The molecule has 0 unspecified atom stereocenters. The number of ether oxygens (including phenoxy) is 1. The van der Waals surface area contributed by atoms with Crippen molar-refractivity contribution in [3.8, 4) is 5.75 Å². The van der Waals surface area contributed by atoms with E-state index in [-0.39, 0.29) is 11.9 Å². The zero-order valence-electron chi connectivity index (χ0n) is 11.8. The maximum Gasteiger partial charge on any atom is 0.244 e. The Kier molecular flexibility index (Phi) is 5.93. The van der Waals surface area contributed by atoms with Crippen molar-refractivity contribution in [3.63, 3.8) is 0 Å². The fourth-order valence-corrected chi connectivity index (χ4v) is 1.52. The third-order valence-corrected chi connectivity index (χ3v) is 2.35. The molecule has 104 valence electrons. The van der Waals surface area contributed by atoms with Crippen LogP contribution in [-0.4, -0.2) is 18.6 Å². The largest absolute Gasteiger partial charge is 0.491 e. The highest BCUT2D eigenvalue weighted by Crippen LogP contribution is 2.23. The van der Waals surface area contributed by atoms with Crippen molar-refractivity contribution >= 4 is 17.7 Å². The number of benzene rings is 1. The minimum atomic E-state index is -0.111. The number of nitrogens with two attached hydrogens (primary N) is 1. The zero-order chi connectivity index (χ0) is 14.3. The van der Waals surface area contributed by atoms with E-state index in [0.717, 1.165) is 12.0 Å². The minimum absolute atomic E-state index is 0.111. The lowest BCUT2D eigenvalue weighted by Gasteiger charge is -2.08. The highest BCUT2D eigenvalue weighted by molar-refractivity contribution is 5.92. The Morgan fingerprint density at radius 3 is 2.79 bits per heavy atom. The van der Waals surface area contributed by atoms with Gasteiger partial charge in [-0.1, -0.05) is 13.0 Å². The second kappa shape index (κ2) is 7.46. The molecule has 1 aromatic carbocycles. The first-order valence-corrected chi connectivity index (χ1v) is 6.53. The van der Waals surface area contributed by atoms with Gasteiger partial charge >= 0.3 is 0 Å². The standard InChI is InChI=1S/C15H22N2O2/c1-4-9-19-14-7-5-12(10-13(14)16)6-8-15(18)17-11(2)3/h5-8,10-11H,4,9,16H2,1-3H3,(H,17,18)/b8-6-. The molecular weight excluding hydrogens is 240 g/mol. The number of hydrogen-bond acceptors (Lipinski definition) is 3. The van der Waals surface area contributed by atoms with Gasteiger partial charge in [-0.2, -0.15) is 0 Å². The van der Waals surface area contributed by atoms with Crippen molar-refractivity contribution in [3.05, 3.63) is 29.8 Å². The van der Waals surface area contributed by atoms with E-state index in [9.17, 15) is 4.79 Å². The number of nitrogens with one attached hydrogen (secondary N) is 1. The first kappa shape index (κ1) is 15.1. The maximum absolute atomic E-state index is 11.5. The van der Waals surface area contributed by atoms with Gasteiger partial charge in [0.1, 0.15) is 5.75 Å². The van der Waals surface area contributed by atoms with Crippen molar-refractivity contribution in [2.45, 2.75) is 33.2 Å². The third kappa shape index (κ3) is 5.46. The van der Waals surface area contributed by atoms with Gasteiger partial charge in [0.25, 0.3) is 0 Å². The van der Waals surface area contributed by atoms with E-state index in [1.807, 2.05) is 32.9 Å². The summed E-state index contributed by atoms with van der Waals surface area (Å²) in [5.74, 6) is 0.575. The summed E-state index contributed by atoms with van der Waals surface area (Å²) in [4.78, 5) is 11.5. The van der Waals surface area contributed by atoms with E-state index in [1.165, 1.54) is 6.08 Å². The predicted molar refractivity (Wildman–Crippen MR) is 79.0 cm³/mol. The quantitative estimate of drug-likeness (QED) is 0.612. The van der Waals surface area contributed by atoms with Gasteiger partial charge in [-0.25, -0.2) is 0 Å². The first-order valence-electron chi connectivity index (χ1n) is 6.53. The van der Waals surface area contributed by atoms with Crippen molar-refractivity contribution in [1.29, 1.82) is 0 Å². The van der Waals surface area contributed by atoms with E-state index in [0.29, 0.717) is 18.0 Å². The van der Waals surface area contributed by atoms with Crippen LogP contribution in [0.15, 0.2) is 24.3 Å². The van der Waals surface area contributed by atoms with Gasteiger partial charge in [0.05, 0.1) is 12.3 Å². The number of rotatable bonds is 6. The smallest absolute Gasteiger partial charge is 0.244 e. The molecule has 0 radical (unpaired) electrons. The summed E-state index contributed by atoms with van der Waals surface area (Å²) in [6.45, 7) is 6.53. The molecule has 1 aromatic rings. The highest BCUT2D eigenvalue weighted by atomic mass is 16.5. The zero-order valence-corrected chi connectivity index (χ0v) is 11.8. The predicted octanol–water partition coefficient (Wildman–Crippen LogP) is 2.60. The summed E-state index contributed by atoms with van der Waals surface area (Å²) in [6.07, 6.45) is 4.18. The van der Waals surface area contributed by atoms with Crippen molar-refractivity contribution in [2.75, 3.05) is 12.3 Å². The van der Waals surface area contributed by atoms with E-state index in [4.69, 9.17) is 10.5 Å². The summed E-state index contributed by atoms with van der Waals surface area (Å²) in [6, 6.07) is 5.63. The fourth-order valence-electron chi connectivity index (χ4n) is 1.52. The summed E-state index contributed by atoms with van der Waals surface area (Å²) in [5.41, 5.74) is 7.35. The number of amides is 1. The Labute approximate surface area is 114 Å². The molecule has 4 nitrogen and oxygen atoms in total. The molecule has 0 atom stereocenters. The molecule has 0 aromatic heterocycles. The Hall–Kier alpha value is -1.97. The van der Waals surface area contributed by atoms with Gasteiger partial charge in [0.2, 0.25) is 5.91 Å². The van der Waals surface area contributed by atoms with E-state index in [1.54, 1.807) is 12.1 Å². The molecule has 1 amide bonds. The van der Waals surface area contributed by atoms with Crippen LogP contribution in [-0.2, 0) is 4.79 Å². The van der Waals surface area contributed by atoms with Crippen molar-refractivity contribution in [1.82, 2.24) is 5.32 Å². The lowest BCUT2D eigenvalue weighted by Crippen LogP contribution is -2.28. The SMILES string of the molecule is CCCOc1ccc(/C=C\C(=O)NC(C)C)cc1N. The van der Waals surface area contributed by atoms with Gasteiger partial charge in [-0.3, -0.25) is 4.79 Å². The molecule has 0 aliphatic rings. The van der Waals surface area contributed by atoms with Crippen LogP contribution in [0.2, 0.25) is 0 Å². The molecule has 0 aliphatic heterocycles. The Morgan fingerprint density at radius 1 is 1.47 bits per heavy atom. The van der Waals surface area contributed by atoms with Gasteiger partial charge in [0.15, 0.2) is 0 Å². The third-order valence-electron chi connectivity index (χ3n) is 2.35. The number of anilines is 1. The van der Waals surface area contributed by atoms with Crippen LogP contribution in [0.5, 0.6) is 5.75 Å². The van der Waals surface area contributed by atoms with Crippen molar-refractivity contribution in [2.24, 2.45) is 0 Å². The van der Waals surface area contributed by atoms with Crippen LogP contribution in [0.3, 0.4) is 0 Å². The maximum atomic E-state index is 11.5. The molecule has 0 heterocycles. The fraction of sp³-hybridized carbons (Fsp3) is 0.400. The monoisotopic (exact) mass is 262 g/mol. The summed E-state index contributed by atoms with van der Waals surface area (Å²) in [7, 11) is 0. The number of hydrogen-bond donors (Lipinski definition) is 2. The second-order valence-electron chi connectivity index (χ2n) is 4.64. The molecule has 3 N–H and O–H groups in total. The summed E-state index contributed by atoms with van der Waals surface area (Å²) in [5, 5.41) is 2.79. The Balaban J connectivity index is 2.67. The van der Waals surface area contributed by atoms with E-state index >= 15 is 0 Å². The summed E-state index contributed by atoms with van der Waals surface area (Å²) >= 11 is 0. The Bertz CT molecular complexity index is 453.